The Kier molecular flexibility index (Phi) is 6.23. The zero-order valence-electron chi connectivity index (χ0n) is 9.39. The number of hydrogen-bond acceptors (Lipinski definition) is 1. The first-order valence-electron chi connectivity index (χ1n) is 5.58. The van der Waals surface area contributed by atoms with Crippen molar-refractivity contribution in [2.24, 2.45) is 4.99 Å². The van der Waals surface area contributed by atoms with Gasteiger partial charge in [-0.2, -0.15) is 0 Å². The Balaban J connectivity index is 2.11. The Morgan fingerprint density at radius 2 is 2.27 bits per heavy atom. The zero-order valence-corrected chi connectivity index (χ0v) is 9.39. The lowest BCUT2D eigenvalue weighted by Gasteiger charge is -2.00. The van der Waals surface area contributed by atoms with E-state index in [4.69, 9.17) is 0 Å². The van der Waals surface area contributed by atoms with Crippen molar-refractivity contribution < 1.29 is 0 Å². The summed E-state index contributed by atoms with van der Waals surface area (Å²) in [4.78, 5) is 4.53. The van der Waals surface area contributed by atoms with Gasteiger partial charge in [-0.15, -0.1) is 0 Å². The van der Waals surface area contributed by atoms with E-state index in [0.29, 0.717) is 0 Å². The van der Waals surface area contributed by atoms with Crippen molar-refractivity contribution in [1.82, 2.24) is 0 Å². The van der Waals surface area contributed by atoms with Gasteiger partial charge < -0.3 is 0 Å². The molecule has 0 aliphatic heterocycles. The minimum absolute atomic E-state index is 0.938. The second-order valence-corrected chi connectivity index (χ2v) is 3.46. The van der Waals surface area contributed by atoms with E-state index in [1.807, 2.05) is 19.1 Å². The first kappa shape index (κ1) is 11.7. The number of hydrogen-bond donors (Lipinski definition) is 0. The Morgan fingerprint density at radius 3 is 3.00 bits per heavy atom. The van der Waals surface area contributed by atoms with Gasteiger partial charge in [-0.3, -0.25) is 4.99 Å². The van der Waals surface area contributed by atoms with E-state index in [1.54, 1.807) is 0 Å². The quantitative estimate of drug-likeness (QED) is 0.473. The van der Waals surface area contributed by atoms with E-state index in [9.17, 15) is 0 Å². The highest BCUT2D eigenvalue weighted by Gasteiger charge is 1.93. The van der Waals surface area contributed by atoms with Crippen molar-refractivity contribution >= 4 is 5.71 Å². The Bertz CT molecular complexity index is 303. The van der Waals surface area contributed by atoms with Crippen LogP contribution in [0.15, 0.2) is 53.6 Å². The third kappa shape index (κ3) is 5.84. The molecule has 0 fully saturated rings. The number of nitrogens with zero attached hydrogens (tertiary/aromatic N) is 1. The first-order chi connectivity index (χ1) is 7.43. The van der Waals surface area contributed by atoms with Crippen molar-refractivity contribution in [3.05, 3.63) is 48.6 Å². The SMILES string of the molecule is C/C=C/C=C\CCCN=C1C=CC=CC1. The minimum atomic E-state index is 0.938. The predicted molar refractivity (Wildman–Crippen MR) is 68.4 cm³/mol. The van der Waals surface area contributed by atoms with Gasteiger partial charge in [0.15, 0.2) is 0 Å². The van der Waals surface area contributed by atoms with Gasteiger partial charge in [0.2, 0.25) is 0 Å². The van der Waals surface area contributed by atoms with Gasteiger partial charge in [0.1, 0.15) is 0 Å². The molecule has 0 spiro atoms. The largest absolute Gasteiger partial charge is 0.289 e. The molecule has 0 aromatic heterocycles. The summed E-state index contributed by atoms with van der Waals surface area (Å²) in [5.74, 6) is 0. The van der Waals surface area contributed by atoms with Crippen molar-refractivity contribution in [3.8, 4) is 0 Å². The van der Waals surface area contributed by atoms with Crippen LogP contribution in [-0.2, 0) is 0 Å². The maximum absolute atomic E-state index is 4.53. The van der Waals surface area contributed by atoms with Crippen LogP contribution >= 0.6 is 0 Å². The van der Waals surface area contributed by atoms with Gasteiger partial charge in [-0.1, -0.05) is 42.5 Å². The molecule has 1 rings (SSSR count). The van der Waals surface area contributed by atoms with E-state index in [0.717, 1.165) is 25.8 Å². The highest BCUT2D eigenvalue weighted by molar-refractivity contribution is 5.97. The van der Waals surface area contributed by atoms with Gasteiger partial charge in [0.25, 0.3) is 0 Å². The number of rotatable bonds is 5. The molecule has 80 valence electrons. The van der Waals surface area contributed by atoms with Crippen molar-refractivity contribution in [3.63, 3.8) is 0 Å². The Labute approximate surface area is 92.6 Å². The fraction of sp³-hybridized carbons (Fsp3) is 0.357. The lowest BCUT2D eigenvalue weighted by atomic mass is 10.1. The van der Waals surface area contributed by atoms with Crippen molar-refractivity contribution in [2.45, 2.75) is 26.2 Å². The van der Waals surface area contributed by atoms with E-state index < -0.39 is 0 Å². The molecule has 15 heavy (non-hydrogen) atoms. The molecule has 0 atom stereocenters. The van der Waals surface area contributed by atoms with Gasteiger partial charge in [0, 0.05) is 18.7 Å². The Morgan fingerprint density at radius 1 is 1.33 bits per heavy atom. The smallest absolute Gasteiger partial charge is 0.0395 e. The van der Waals surface area contributed by atoms with Crippen molar-refractivity contribution in [2.75, 3.05) is 6.54 Å². The molecule has 0 bridgehead atoms. The second kappa shape index (κ2) is 7.98. The molecule has 0 saturated carbocycles. The molecule has 1 aliphatic rings. The Hall–Kier alpha value is -1.37. The fourth-order valence-electron chi connectivity index (χ4n) is 1.34. The molecule has 0 radical (unpaired) electrons. The lowest BCUT2D eigenvalue weighted by Crippen LogP contribution is -1.96. The van der Waals surface area contributed by atoms with Crippen molar-refractivity contribution in [1.29, 1.82) is 0 Å². The molecule has 0 heterocycles. The summed E-state index contributed by atoms with van der Waals surface area (Å²) in [5, 5.41) is 0. The molecule has 0 saturated heterocycles. The van der Waals surface area contributed by atoms with E-state index in [1.165, 1.54) is 5.71 Å². The van der Waals surface area contributed by atoms with E-state index in [2.05, 4.69) is 41.4 Å². The molecule has 0 aromatic rings. The van der Waals surface area contributed by atoms with Crippen LogP contribution in [0.5, 0.6) is 0 Å². The van der Waals surface area contributed by atoms with Gasteiger partial charge in [-0.25, -0.2) is 0 Å². The van der Waals surface area contributed by atoms with Gasteiger partial charge in [-0.05, 0) is 25.8 Å². The zero-order chi connectivity index (χ0) is 10.8. The number of allylic oxidation sites excluding steroid dienone is 8. The highest BCUT2D eigenvalue weighted by atomic mass is 14.7. The summed E-state index contributed by atoms with van der Waals surface area (Å²) in [6.45, 7) is 2.97. The molecule has 0 N–H and O–H groups in total. The van der Waals surface area contributed by atoms with Crippen LogP contribution in [0.2, 0.25) is 0 Å². The third-order valence-corrected chi connectivity index (χ3v) is 2.15. The van der Waals surface area contributed by atoms with Crippen LogP contribution < -0.4 is 0 Å². The maximum atomic E-state index is 4.53. The summed E-state index contributed by atoms with van der Waals surface area (Å²) >= 11 is 0. The van der Waals surface area contributed by atoms with Crippen LogP contribution in [0, 0.1) is 0 Å². The van der Waals surface area contributed by atoms with E-state index >= 15 is 0 Å². The third-order valence-electron chi connectivity index (χ3n) is 2.15. The number of unbranched alkanes of at least 4 members (excludes halogenated alkanes) is 1. The molecule has 0 aromatic carbocycles. The minimum Gasteiger partial charge on any atom is -0.289 e. The average molecular weight is 201 g/mol. The average Bonchev–Trinajstić information content (AvgIpc) is 2.29. The summed E-state index contributed by atoms with van der Waals surface area (Å²) in [5.41, 5.74) is 1.20. The van der Waals surface area contributed by atoms with Gasteiger partial charge in [0.05, 0.1) is 0 Å². The summed E-state index contributed by atoms with van der Waals surface area (Å²) in [6, 6.07) is 0. The highest BCUT2D eigenvalue weighted by Crippen LogP contribution is 2.00. The summed E-state index contributed by atoms with van der Waals surface area (Å²) < 4.78 is 0. The molecule has 1 aliphatic carbocycles. The molecule has 1 heteroatoms. The molecular formula is C14H19N. The van der Waals surface area contributed by atoms with Crippen LogP contribution in [0.1, 0.15) is 26.2 Å². The molecule has 0 amide bonds. The summed E-state index contributed by atoms with van der Waals surface area (Å²) in [7, 11) is 0. The van der Waals surface area contributed by atoms with Crippen LogP contribution in [0.25, 0.3) is 0 Å². The van der Waals surface area contributed by atoms with Gasteiger partial charge >= 0.3 is 0 Å². The van der Waals surface area contributed by atoms with Crippen LogP contribution in [0.3, 0.4) is 0 Å². The molecule has 1 nitrogen and oxygen atoms in total. The van der Waals surface area contributed by atoms with Crippen LogP contribution in [0.4, 0.5) is 0 Å². The first-order valence-corrected chi connectivity index (χ1v) is 5.58. The number of aliphatic imine (C=N–C) groups is 1. The maximum Gasteiger partial charge on any atom is 0.0395 e. The lowest BCUT2D eigenvalue weighted by molar-refractivity contribution is 0.854. The normalized spacial score (nSPS) is 18.6. The second-order valence-electron chi connectivity index (χ2n) is 3.46. The summed E-state index contributed by atoms with van der Waals surface area (Å²) in [6.07, 6.45) is 20.0. The molecule has 0 unspecified atom stereocenters. The fourth-order valence-corrected chi connectivity index (χ4v) is 1.34. The standard InChI is InChI=1S/C14H19N/c1-2-3-4-5-6-10-13-15-14-11-8-7-9-12-14/h2-5,7-9,11H,6,10,12-13H2,1H3/b3-2+,5-4-,15-14?. The topological polar surface area (TPSA) is 12.4 Å². The predicted octanol–water partition coefficient (Wildman–Crippen LogP) is 3.86. The van der Waals surface area contributed by atoms with E-state index in [-0.39, 0.29) is 0 Å². The van der Waals surface area contributed by atoms with Crippen LogP contribution in [-0.4, -0.2) is 12.3 Å². The monoisotopic (exact) mass is 201 g/mol. The molecular weight excluding hydrogens is 182 g/mol.